The van der Waals surface area contributed by atoms with E-state index >= 15 is 0 Å². The van der Waals surface area contributed by atoms with Gasteiger partial charge in [-0.15, -0.1) is 0 Å². The Bertz CT molecular complexity index is 515. The molecule has 4 nitrogen and oxygen atoms in total. The molecular weight excluding hydrogens is 247 g/mol. The number of hydrogen-bond acceptors (Lipinski definition) is 4. The number of carbonyl (C=O) groups excluding carboxylic acids is 1. The minimum atomic E-state index is -1.02. The summed E-state index contributed by atoms with van der Waals surface area (Å²) < 4.78 is 11.7. The van der Waals surface area contributed by atoms with Crippen LogP contribution in [0.1, 0.15) is 49.9 Å². The maximum Gasteiger partial charge on any atom is 0.350 e. The van der Waals surface area contributed by atoms with Crippen molar-refractivity contribution in [3.05, 3.63) is 34.9 Å². The third kappa shape index (κ3) is 4.04. The summed E-state index contributed by atoms with van der Waals surface area (Å²) in [7, 11) is 0. The van der Waals surface area contributed by atoms with Gasteiger partial charge in [0.25, 0.3) is 0 Å². The maximum absolute atomic E-state index is 11.7. The number of nitrogens with zero attached hydrogens (tertiary/aromatic N) is 1. The summed E-state index contributed by atoms with van der Waals surface area (Å²) in [6.07, 6.45) is -0.269. The molecule has 1 rings (SSSR count). The lowest BCUT2D eigenvalue weighted by atomic mass is 9.84. The molecule has 0 saturated heterocycles. The highest BCUT2D eigenvalue weighted by atomic mass is 19.3. The van der Waals surface area contributed by atoms with E-state index in [1.165, 1.54) is 0 Å². The molecule has 1 aromatic carbocycles. The second kappa shape index (κ2) is 5.81. The molecule has 0 aliphatic carbocycles. The molecule has 0 spiro atoms. The summed E-state index contributed by atoms with van der Waals surface area (Å²) in [5.74, 6) is -1.02. The zero-order valence-electron chi connectivity index (χ0n) is 11.2. The Kier molecular flexibility index (Phi) is 4.62. The monoisotopic (exact) mass is 264 g/mol. The van der Waals surface area contributed by atoms with Crippen LogP contribution in [0.4, 0.5) is 4.53 Å². The molecule has 0 heterocycles. The minimum absolute atomic E-state index is 0.151. The van der Waals surface area contributed by atoms with Gasteiger partial charge in [-0.05, 0) is 28.7 Å². The predicted molar refractivity (Wildman–Crippen MR) is 68.6 cm³/mol. The van der Waals surface area contributed by atoms with Gasteiger partial charge in [-0.2, -0.15) is 5.26 Å². The average molecular weight is 264 g/mol. The SMILES string of the molecule is CC(C)(C)c1cc(C#N)cc([C@@H](N)CC(=O)OF)c1. The Morgan fingerprint density at radius 1 is 1.47 bits per heavy atom. The second-order valence-corrected chi connectivity index (χ2v) is 5.47. The quantitative estimate of drug-likeness (QED) is 0.910. The number of nitrogens with two attached hydrogens (primary N) is 1. The number of carbonyl (C=O) groups is 1. The van der Waals surface area contributed by atoms with Gasteiger partial charge >= 0.3 is 5.97 Å². The molecule has 0 amide bonds. The molecule has 19 heavy (non-hydrogen) atoms. The van der Waals surface area contributed by atoms with Gasteiger partial charge in [-0.1, -0.05) is 26.8 Å². The number of nitriles is 1. The van der Waals surface area contributed by atoms with E-state index in [1.807, 2.05) is 26.8 Å². The van der Waals surface area contributed by atoms with Gasteiger partial charge < -0.3 is 5.73 Å². The van der Waals surface area contributed by atoms with E-state index in [2.05, 4.69) is 11.0 Å². The van der Waals surface area contributed by atoms with Gasteiger partial charge in [0.15, 0.2) is 0 Å². The van der Waals surface area contributed by atoms with Gasteiger partial charge in [0, 0.05) is 10.6 Å². The highest BCUT2D eigenvalue weighted by molar-refractivity contribution is 5.69. The van der Waals surface area contributed by atoms with E-state index in [0.29, 0.717) is 11.1 Å². The largest absolute Gasteiger partial charge is 0.350 e. The highest BCUT2D eigenvalue weighted by Gasteiger charge is 2.19. The van der Waals surface area contributed by atoms with Crippen molar-refractivity contribution >= 4 is 5.97 Å². The molecule has 0 bridgehead atoms. The van der Waals surface area contributed by atoms with Crippen LogP contribution >= 0.6 is 0 Å². The van der Waals surface area contributed by atoms with E-state index in [-0.39, 0.29) is 11.8 Å². The number of rotatable bonds is 3. The van der Waals surface area contributed by atoms with Crippen LogP contribution in [0.5, 0.6) is 0 Å². The molecule has 0 aliphatic rings. The van der Waals surface area contributed by atoms with Gasteiger partial charge in [-0.3, -0.25) is 4.94 Å². The first-order valence-corrected chi connectivity index (χ1v) is 5.90. The molecule has 102 valence electrons. The molecule has 2 N–H and O–H groups in total. The first kappa shape index (κ1) is 15.1. The lowest BCUT2D eigenvalue weighted by Crippen LogP contribution is -2.18. The average Bonchev–Trinajstić information content (AvgIpc) is 2.36. The molecule has 5 heteroatoms. The van der Waals surface area contributed by atoms with Crippen LogP contribution in [-0.2, 0) is 15.2 Å². The maximum atomic E-state index is 11.7. The Labute approximate surface area is 111 Å². The van der Waals surface area contributed by atoms with Crippen molar-refractivity contribution in [2.24, 2.45) is 5.73 Å². The van der Waals surface area contributed by atoms with E-state index in [0.717, 1.165) is 5.56 Å². The molecule has 0 aromatic heterocycles. The molecular formula is C14H17FN2O2. The molecule has 0 unspecified atom stereocenters. The number of hydrogen-bond donors (Lipinski definition) is 1. The second-order valence-electron chi connectivity index (χ2n) is 5.47. The summed E-state index contributed by atoms with van der Waals surface area (Å²) in [4.78, 5) is 14.0. The van der Waals surface area contributed by atoms with Crippen molar-refractivity contribution in [1.29, 1.82) is 5.26 Å². The van der Waals surface area contributed by atoms with E-state index in [4.69, 9.17) is 11.0 Å². The first-order chi connectivity index (χ1) is 8.77. The predicted octanol–water partition coefficient (Wildman–Crippen LogP) is 2.67. The Morgan fingerprint density at radius 2 is 2.11 bits per heavy atom. The molecule has 1 aromatic rings. The zero-order chi connectivity index (χ0) is 14.6. The van der Waals surface area contributed by atoms with Crippen LogP contribution in [0.3, 0.4) is 0 Å². The fourth-order valence-electron chi connectivity index (χ4n) is 1.69. The summed E-state index contributed by atoms with van der Waals surface area (Å²) in [6.45, 7) is 6.03. The fourth-order valence-corrected chi connectivity index (χ4v) is 1.69. The number of benzene rings is 1. The summed E-state index contributed by atoms with van der Waals surface area (Å²) in [5, 5.41) is 9.02. The van der Waals surface area contributed by atoms with Crippen LogP contribution in [0.2, 0.25) is 0 Å². The standard InChI is InChI=1S/C14H17FN2O2/c1-14(2,3)11-5-9(8-16)4-10(6-11)12(17)7-13(18)19-15/h4-6,12H,7,17H2,1-3H3/t12-/m0/s1. The van der Waals surface area contributed by atoms with Crippen molar-refractivity contribution in [1.82, 2.24) is 0 Å². The van der Waals surface area contributed by atoms with Gasteiger partial charge in [-0.25, -0.2) is 4.79 Å². The number of halogens is 1. The Hall–Kier alpha value is -1.93. The normalized spacial score (nSPS) is 12.6. The van der Waals surface area contributed by atoms with Crippen LogP contribution in [0, 0.1) is 11.3 Å². The topological polar surface area (TPSA) is 76.1 Å². The van der Waals surface area contributed by atoms with E-state index in [9.17, 15) is 9.32 Å². The van der Waals surface area contributed by atoms with Crippen LogP contribution in [0.15, 0.2) is 18.2 Å². The Balaban J connectivity index is 3.14. The van der Waals surface area contributed by atoms with Crippen molar-refractivity contribution in [3.8, 4) is 6.07 Å². The first-order valence-electron chi connectivity index (χ1n) is 5.90. The van der Waals surface area contributed by atoms with Crippen LogP contribution in [0.25, 0.3) is 0 Å². The molecule has 0 fully saturated rings. The third-order valence-electron chi connectivity index (χ3n) is 2.85. The van der Waals surface area contributed by atoms with Crippen molar-refractivity contribution in [2.75, 3.05) is 0 Å². The van der Waals surface area contributed by atoms with E-state index < -0.39 is 12.0 Å². The summed E-state index contributed by atoms with van der Waals surface area (Å²) in [6, 6.07) is 6.57. The molecule has 0 saturated carbocycles. The lowest BCUT2D eigenvalue weighted by molar-refractivity contribution is -0.184. The van der Waals surface area contributed by atoms with Gasteiger partial charge in [0.1, 0.15) is 0 Å². The van der Waals surface area contributed by atoms with Gasteiger partial charge in [0.05, 0.1) is 18.1 Å². The smallest absolute Gasteiger partial charge is 0.323 e. The van der Waals surface area contributed by atoms with Crippen LogP contribution in [-0.4, -0.2) is 5.97 Å². The summed E-state index contributed by atoms with van der Waals surface area (Å²) >= 11 is 0. The fraction of sp³-hybridized carbons (Fsp3) is 0.429. The van der Waals surface area contributed by atoms with Crippen LogP contribution < -0.4 is 5.73 Å². The molecule has 0 aliphatic heterocycles. The van der Waals surface area contributed by atoms with Gasteiger partial charge in [0.2, 0.25) is 0 Å². The lowest BCUT2D eigenvalue weighted by Gasteiger charge is -2.21. The third-order valence-corrected chi connectivity index (χ3v) is 2.85. The summed E-state index contributed by atoms with van der Waals surface area (Å²) in [5.41, 5.74) is 7.70. The van der Waals surface area contributed by atoms with Crippen molar-refractivity contribution < 1.29 is 14.3 Å². The highest BCUT2D eigenvalue weighted by Crippen LogP contribution is 2.27. The van der Waals surface area contributed by atoms with E-state index in [1.54, 1.807) is 12.1 Å². The molecule has 1 atom stereocenters. The molecule has 0 radical (unpaired) electrons. The minimum Gasteiger partial charge on any atom is -0.323 e. The zero-order valence-corrected chi connectivity index (χ0v) is 11.2. The van der Waals surface area contributed by atoms with Crippen molar-refractivity contribution in [3.63, 3.8) is 0 Å². The Morgan fingerprint density at radius 3 is 2.58 bits per heavy atom. The van der Waals surface area contributed by atoms with Crippen molar-refractivity contribution in [2.45, 2.75) is 38.6 Å².